The SMILES string of the molecule is O=C(Nc1ccc(Oc2ccc3ccccc3c2Cl)c(Cl)c1)c1ccncc1. The Balaban J connectivity index is 1.55. The summed E-state index contributed by atoms with van der Waals surface area (Å²) in [5.74, 6) is 0.710. The van der Waals surface area contributed by atoms with Crippen molar-refractivity contribution in [2.24, 2.45) is 0 Å². The molecule has 0 radical (unpaired) electrons. The van der Waals surface area contributed by atoms with E-state index in [0.29, 0.717) is 32.8 Å². The van der Waals surface area contributed by atoms with Crippen LogP contribution in [-0.4, -0.2) is 10.9 Å². The molecule has 4 rings (SSSR count). The highest BCUT2D eigenvalue weighted by Crippen LogP contribution is 2.38. The van der Waals surface area contributed by atoms with E-state index < -0.39 is 0 Å². The Kier molecular flexibility index (Phi) is 5.15. The number of carbonyl (C=O) groups excluding carboxylic acids is 1. The van der Waals surface area contributed by atoms with Crippen molar-refractivity contribution in [3.63, 3.8) is 0 Å². The van der Waals surface area contributed by atoms with Crippen LogP contribution in [0.4, 0.5) is 5.69 Å². The first-order valence-corrected chi connectivity index (χ1v) is 9.23. The molecule has 0 unspecified atom stereocenters. The fourth-order valence-electron chi connectivity index (χ4n) is 2.78. The molecule has 1 heterocycles. The van der Waals surface area contributed by atoms with Gasteiger partial charge in [-0.25, -0.2) is 0 Å². The average Bonchev–Trinajstić information content (AvgIpc) is 2.72. The molecule has 0 atom stereocenters. The number of anilines is 1. The number of halogens is 2. The van der Waals surface area contributed by atoms with Crippen LogP contribution in [0.2, 0.25) is 10.0 Å². The van der Waals surface area contributed by atoms with Crippen LogP contribution in [0.5, 0.6) is 11.5 Å². The molecule has 0 saturated carbocycles. The molecule has 3 aromatic carbocycles. The number of carbonyl (C=O) groups is 1. The Labute approximate surface area is 171 Å². The van der Waals surface area contributed by atoms with Crippen LogP contribution in [0.3, 0.4) is 0 Å². The summed E-state index contributed by atoms with van der Waals surface area (Å²) in [7, 11) is 0. The van der Waals surface area contributed by atoms with E-state index >= 15 is 0 Å². The quantitative estimate of drug-likeness (QED) is 0.414. The topological polar surface area (TPSA) is 51.2 Å². The molecular weight excluding hydrogens is 395 g/mol. The molecule has 4 nitrogen and oxygen atoms in total. The number of hydrogen-bond acceptors (Lipinski definition) is 3. The van der Waals surface area contributed by atoms with E-state index in [4.69, 9.17) is 27.9 Å². The van der Waals surface area contributed by atoms with Crippen LogP contribution in [-0.2, 0) is 0 Å². The number of ether oxygens (including phenoxy) is 1. The monoisotopic (exact) mass is 408 g/mol. The lowest BCUT2D eigenvalue weighted by atomic mass is 10.1. The predicted octanol–water partition coefficient (Wildman–Crippen LogP) is 6.59. The van der Waals surface area contributed by atoms with Crippen molar-refractivity contribution in [3.05, 3.63) is 94.7 Å². The highest BCUT2D eigenvalue weighted by molar-refractivity contribution is 6.37. The molecule has 0 aliphatic heterocycles. The third-order valence-electron chi connectivity index (χ3n) is 4.18. The second-order valence-corrected chi connectivity index (χ2v) is 6.82. The largest absolute Gasteiger partial charge is 0.454 e. The molecule has 0 saturated heterocycles. The zero-order chi connectivity index (χ0) is 19.5. The summed E-state index contributed by atoms with van der Waals surface area (Å²) in [6.45, 7) is 0. The summed E-state index contributed by atoms with van der Waals surface area (Å²) >= 11 is 12.8. The summed E-state index contributed by atoms with van der Waals surface area (Å²) in [4.78, 5) is 16.1. The van der Waals surface area contributed by atoms with E-state index in [1.165, 1.54) is 0 Å². The van der Waals surface area contributed by atoms with Gasteiger partial charge in [0.15, 0.2) is 0 Å². The van der Waals surface area contributed by atoms with E-state index in [-0.39, 0.29) is 5.91 Å². The normalized spacial score (nSPS) is 10.6. The number of fused-ring (bicyclic) bond motifs is 1. The lowest BCUT2D eigenvalue weighted by molar-refractivity contribution is 0.102. The summed E-state index contributed by atoms with van der Waals surface area (Å²) in [6.07, 6.45) is 3.12. The first-order chi connectivity index (χ1) is 13.6. The van der Waals surface area contributed by atoms with Crippen LogP contribution in [0.15, 0.2) is 79.1 Å². The van der Waals surface area contributed by atoms with Crippen LogP contribution >= 0.6 is 23.2 Å². The van der Waals surface area contributed by atoms with Gasteiger partial charge in [0.05, 0.1) is 10.0 Å². The van der Waals surface area contributed by atoms with Gasteiger partial charge in [0.25, 0.3) is 5.91 Å². The van der Waals surface area contributed by atoms with Gasteiger partial charge in [0, 0.05) is 29.0 Å². The van der Waals surface area contributed by atoms with E-state index in [9.17, 15) is 4.79 Å². The molecule has 1 aromatic heterocycles. The van der Waals surface area contributed by atoms with Gasteiger partial charge >= 0.3 is 0 Å². The Hall–Kier alpha value is -3.08. The number of nitrogens with zero attached hydrogens (tertiary/aromatic N) is 1. The average molecular weight is 409 g/mol. The molecular formula is C22H14Cl2N2O2. The third-order valence-corrected chi connectivity index (χ3v) is 4.87. The van der Waals surface area contributed by atoms with E-state index in [1.54, 1.807) is 48.8 Å². The van der Waals surface area contributed by atoms with E-state index in [2.05, 4.69) is 10.3 Å². The van der Waals surface area contributed by atoms with Gasteiger partial charge < -0.3 is 10.1 Å². The molecule has 28 heavy (non-hydrogen) atoms. The standard InChI is InChI=1S/C22H14Cl2N2O2/c23-18-13-16(26-22(27)15-9-11-25-12-10-15)6-8-19(18)28-20-7-5-14-3-1-2-4-17(14)21(20)24/h1-13H,(H,26,27). The highest BCUT2D eigenvalue weighted by atomic mass is 35.5. The summed E-state index contributed by atoms with van der Waals surface area (Å²) < 4.78 is 5.91. The van der Waals surface area contributed by atoms with Gasteiger partial charge in [-0.2, -0.15) is 0 Å². The lowest BCUT2D eigenvalue weighted by Gasteiger charge is -2.12. The van der Waals surface area contributed by atoms with Gasteiger partial charge in [-0.05, 0) is 41.8 Å². The van der Waals surface area contributed by atoms with Gasteiger partial charge in [0.1, 0.15) is 11.5 Å². The molecule has 0 spiro atoms. The molecule has 0 aliphatic carbocycles. The van der Waals surface area contributed by atoms with Crippen molar-refractivity contribution in [3.8, 4) is 11.5 Å². The third kappa shape index (κ3) is 3.79. The maximum atomic E-state index is 12.2. The van der Waals surface area contributed by atoms with Crippen molar-refractivity contribution >= 4 is 45.6 Å². The molecule has 1 N–H and O–H groups in total. The first kappa shape index (κ1) is 18.3. The van der Waals surface area contributed by atoms with Gasteiger partial charge in [-0.15, -0.1) is 0 Å². The molecule has 138 valence electrons. The zero-order valence-electron chi connectivity index (χ0n) is 14.5. The maximum absolute atomic E-state index is 12.2. The molecule has 0 bridgehead atoms. The van der Waals surface area contributed by atoms with Crippen molar-refractivity contribution < 1.29 is 9.53 Å². The minimum Gasteiger partial charge on any atom is -0.454 e. The number of rotatable bonds is 4. The number of amides is 1. The number of benzene rings is 3. The second-order valence-electron chi connectivity index (χ2n) is 6.04. The van der Waals surface area contributed by atoms with Gasteiger partial charge in [-0.3, -0.25) is 9.78 Å². The minimum absolute atomic E-state index is 0.246. The molecule has 1 amide bonds. The number of nitrogens with one attached hydrogen (secondary N) is 1. The summed E-state index contributed by atoms with van der Waals surface area (Å²) in [6, 6.07) is 19.8. The second kappa shape index (κ2) is 7.89. The summed E-state index contributed by atoms with van der Waals surface area (Å²) in [5, 5.41) is 5.60. The first-order valence-electron chi connectivity index (χ1n) is 8.48. The molecule has 6 heteroatoms. The number of aromatic nitrogens is 1. The maximum Gasteiger partial charge on any atom is 0.255 e. The Morgan fingerprint density at radius 2 is 1.64 bits per heavy atom. The Morgan fingerprint density at radius 3 is 2.43 bits per heavy atom. The van der Waals surface area contributed by atoms with Gasteiger partial charge in [0.2, 0.25) is 0 Å². The molecule has 4 aromatic rings. The van der Waals surface area contributed by atoms with Crippen molar-refractivity contribution in [1.82, 2.24) is 4.98 Å². The van der Waals surface area contributed by atoms with E-state index in [0.717, 1.165) is 10.8 Å². The Morgan fingerprint density at radius 1 is 0.893 bits per heavy atom. The van der Waals surface area contributed by atoms with Crippen LogP contribution < -0.4 is 10.1 Å². The van der Waals surface area contributed by atoms with Crippen molar-refractivity contribution in [1.29, 1.82) is 0 Å². The molecule has 0 fully saturated rings. The highest BCUT2D eigenvalue weighted by Gasteiger charge is 2.12. The van der Waals surface area contributed by atoms with Gasteiger partial charge in [-0.1, -0.05) is 53.5 Å². The van der Waals surface area contributed by atoms with Crippen LogP contribution in [0.25, 0.3) is 10.8 Å². The predicted molar refractivity (Wildman–Crippen MR) is 113 cm³/mol. The van der Waals surface area contributed by atoms with Crippen LogP contribution in [0, 0.1) is 0 Å². The lowest BCUT2D eigenvalue weighted by Crippen LogP contribution is -2.11. The number of pyridine rings is 1. The number of hydrogen-bond donors (Lipinski definition) is 1. The minimum atomic E-state index is -0.246. The van der Waals surface area contributed by atoms with Crippen molar-refractivity contribution in [2.45, 2.75) is 0 Å². The summed E-state index contributed by atoms with van der Waals surface area (Å²) in [5.41, 5.74) is 1.07. The fraction of sp³-hybridized carbons (Fsp3) is 0. The smallest absolute Gasteiger partial charge is 0.255 e. The fourth-order valence-corrected chi connectivity index (χ4v) is 3.27. The molecule has 0 aliphatic rings. The Bertz CT molecular complexity index is 1160. The van der Waals surface area contributed by atoms with E-state index in [1.807, 2.05) is 30.3 Å². The van der Waals surface area contributed by atoms with Crippen LogP contribution in [0.1, 0.15) is 10.4 Å². The van der Waals surface area contributed by atoms with Crippen molar-refractivity contribution in [2.75, 3.05) is 5.32 Å². The zero-order valence-corrected chi connectivity index (χ0v) is 16.0.